The summed E-state index contributed by atoms with van der Waals surface area (Å²) in [6.07, 6.45) is 1.24. The van der Waals surface area contributed by atoms with E-state index in [4.69, 9.17) is 9.73 Å². The Kier molecular flexibility index (Phi) is 6.45. The van der Waals surface area contributed by atoms with Gasteiger partial charge in [0.25, 0.3) is 0 Å². The van der Waals surface area contributed by atoms with E-state index in [1.807, 2.05) is 0 Å². The largest absolute Gasteiger partial charge is 0.379 e. The van der Waals surface area contributed by atoms with Gasteiger partial charge in [-0.3, -0.25) is 9.89 Å². The van der Waals surface area contributed by atoms with Crippen molar-refractivity contribution in [2.45, 2.75) is 25.8 Å². The van der Waals surface area contributed by atoms with Gasteiger partial charge in [0.1, 0.15) is 0 Å². The lowest BCUT2D eigenvalue weighted by Crippen LogP contribution is -2.56. The SMILES string of the molecule is CCNC(=NC[C@]1(N2CCOCC2)CCSC1)NCC. The Labute approximate surface area is 126 Å². The van der Waals surface area contributed by atoms with Crippen LogP contribution in [0.1, 0.15) is 20.3 Å². The highest BCUT2D eigenvalue weighted by Gasteiger charge is 2.40. The standard InChI is InChI=1S/C14H28N4OS/c1-3-15-13(16-4-2)17-11-14(5-10-20-12-14)18-6-8-19-9-7-18/h3-12H2,1-2H3,(H2,15,16,17)/t14-/m1/s1. The van der Waals surface area contributed by atoms with Crippen LogP contribution in [0.25, 0.3) is 0 Å². The first-order chi connectivity index (χ1) is 9.80. The van der Waals surface area contributed by atoms with Gasteiger partial charge >= 0.3 is 0 Å². The Morgan fingerprint density at radius 1 is 1.25 bits per heavy atom. The molecule has 2 aliphatic rings. The zero-order chi connectivity index (χ0) is 14.3. The highest BCUT2D eigenvalue weighted by atomic mass is 32.2. The highest BCUT2D eigenvalue weighted by molar-refractivity contribution is 7.99. The summed E-state index contributed by atoms with van der Waals surface area (Å²) in [5.41, 5.74) is 0.241. The third-order valence-corrected chi connectivity index (χ3v) is 5.22. The van der Waals surface area contributed by atoms with Crippen molar-refractivity contribution in [1.29, 1.82) is 0 Å². The second-order valence-electron chi connectivity index (χ2n) is 5.35. The molecule has 0 aliphatic carbocycles. The summed E-state index contributed by atoms with van der Waals surface area (Å²) >= 11 is 2.06. The molecule has 0 aromatic carbocycles. The van der Waals surface area contributed by atoms with Gasteiger partial charge in [0, 0.05) is 31.9 Å². The molecule has 2 aliphatic heterocycles. The van der Waals surface area contributed by atoms with Gasteiger partial charge in [-0.25, -0.2) is 0 Å². The van der Waals surface area contributed by atoms with Gasteiger partial charge in [0.2, 0.25) is 0 Å². The average Bonchev–Trinajstić information content (AvgIpc) is 2.96. The number of hydrogen-bond acceptors (Lipinski definition) is 4. The van der Waals surface area contributed by atoms with E-state index in [0.29, 0.717) is 0 Å². The fourth-order valence-corrected chi connectivity index (χ4v) is 4.31. The van der Waals surface area contributed by atoms with E-state index in [9.17, 15) is 0 Å². The minimum atomic E-state index is 0.241. The molecule has 6 heteroatoms. The van der Waals surface area contributed by atoms with E-state index in [1.165, 1.54) is 17.9 Å². The van der Waals surface area contributed by atoms with Crippen LogP contribution in [0.4, 0.5) is 0 Å². The maximum atomic E-state index is 5.50. The number of hydrogen-bond donors (Lipinski definition) is 2. The Balaban J connectivity index is 2.02. The summed E-state index contributed by atoms with van der Waals surface area (Å²) in [4.78, 5) is 7.44. The van der Waals surface area contributed by atoms with E-state index >= 15 is 0 Å². The minimum Gasteiger partial charge on any atom is -0.379 e. The first-order valence-electron chi connectivity index (χ1n) is 7.73. The predicted molar refractivity (Wildman–Crippen MR) is 86.7 cm³/mol. The molecular weight excluding hydrogens is 272 g/mol. The molecule has 20 heavy (non-hydrogen) atoms. The van der Waals surface area contributed by atoms with E-state index < -0.39 is 0 Å². The summed E-state index contributed by atoms with van der Waals surface area (Å²) in [5.74, 6) is 3.40. The van der Waals surface area contributed by atoms with Crippen LogP contribution in [0, 0.1) is 0 Å². The molecule has 2 N–H and O–H groups in total. The van der Waals surface area contributed by atoms with Crippen LogP contribution >= 0.6 is 11.8 Å². The molecule has 0 spiro atoms. The maximum Gasteiger partial charge on any atom is 0.191 e. The van der Waals surface area contributed by atoms with Crippen LogP contribution in [0.2, 0.25) is 0 Å². The molecule has 0 saturated carbocycles. The minimum absolute atomic E-state index is 0.241. The second kappa shape index (κ2) is 8.10. The van der Waals surface area contributed by atoms with Gasteiger partial charge in [0.05, 0.1) is 25.3 Å². The van der Waals surface area contributed by atoms with E-state index in [1.54, 1.807) is 0 Å². The van der Waals surface area contributed by atoms with Gasteiger partial charge in [-0.1, -0.05) is 0 Å². The quantitative estimate of drug-likeness (QED) is 0.580. The molecule has 0 unspecified atom stereocenters. The lowest BCUT2D eigenvalue weighted by molar-refractivity contribution is -0.0104. The van der Waals surface area contributed by atoms with Crippen molar-refractivity contribution in [3.63, 3.8) is 0 Å². The van der Waals surface area contributed by atoms with Crippen LogP contribution in [-0.2, 0) is 4.74 Å². The van der Waals surface area contributed by atoms with E-state index in [-0.39, 0.29) is 5.54 Å². The molecule has 2 saturated heterocycles. The predicted octanol–water partition coefficient (Wildman–Crippen LogP) is 0.769. The number of rotatable bonds is 5. The van der Waals surface area contributed by atoms with Gasteiger partial charge in [-0.15, -0.1) is 0 Å². The summed E-state index contributed by atoms with van der Waals surface area (Å²) < 4.78 is 5.50. The molecule has 0 amide bonds. The molecule has 0 radical (unpaired) electrons. The van der Waals surface area contributed by atoms with E-state index in [2.05, 4.69) is 41.1 Å². The fraction of sp³-hybridized carbons (Fsp3) is 0.929. The third-order valence-electron chi connectivity index (χ3n) is 3.98. The summed E-state index contributed by atoms with van der Waals surface area (Å²) in [5, 5.41) is 6.63. The molecule has 2 rings (SSSR count). The fourth-order valence-electron chi connectivity index (χ4n) is 2.84. The second-order valence-corrected chi connectivity index (χ2v) is 6.46. The summed E-state index contributed by atoms with van der Waals surface area (Å²) in [6.45, 7) is 10.7. The molecule has 0 bridgehead atoms. The van der Waals surface area contributed by atoms with Crippen LogP contribution in [-0.4, -0.2) is 73.8 Å². The maximum absolute atomic E-state index is 5.50. The smallest absolute Gasteiger partial charge is 0.191 e. The average molecular weight is 300 g/mol. The number of ether oxygens (including phenoxy) is 1. The number of nitrogens with one attached hydrogen (secondary N) is 2. The van der Waals surface area contributed by atoms with Crippen LogP contribution in [0.15, 0.2) is 4.99 Å². The molecule has 5 nitrogen and oxygen atoms in total. The van der Waals surface area contributed by atoms with E-state index in [0.717, 1.165) is 51.9 Å². The molecular formula is C14H28N4OS. The first kappa shape index (κ1) is 15.9. The molecule has 2 heterocycles. The van der Waals surface area contributed by atoms with Gasteiger partial charge in [0.15, 0.2) is 5.96 Å². The number of guanidine groups is 1. The van der Waals surface area contributed by atoms with Gasteiger partial charge in [-0.05, 0) is 26.0 Å². The van der Waals surface area contributed by atoms with Crippen molar-refractivity contribution >= 4 is 17.7 Å². The van der Waals surface area contributed by atoms with Gasteiger partial charge in [-0.2, -0.15) is 11.8 Å². The third kappa shape index (κ3) is 4.02. The molecule has 0 aromatic rings. The number of thioether (sulfide) groups is 1. The number of aliphatic imine (C=N–C) groups is 1. The van der Waals surface area contributed by atoms with Crippen molar-refractivity contribution in [2.24, 2.45) is 4.99 Å². The Hall–Kier alpha value is -0.460. The monoisotopic (exact) mass is 300 g/mol. The number of nitrogens with zero attached hydrogens (tertiary/aromatic N) is 2. The summed E-state index contributed by atoms with van der Waals surface area (Å²) in [6, 6.07) is 0. The Morgan fingerprint density at radius 3 is 2.50 bits per heavy atom. The van der Waals surface area contributed by atoms with Crippen molar-refractivity contribution in [1.82, 2.24) is 15.5 Å². The lowest BCUT2D eigenvalue weighted by atomic mass is 9.96. The van der Waals surface area contributed by atoms with Crippen molar-refractivity contribution in [3.05, 3.63) is 0 Å². The topological polar surface area (TPSA) is 48.9 Å². The van der Waals surface area contributed by atoms with Crippen molar-refractivity contribution < 1.29 is 4.74 Å². The molecule has 1 atom stereocenters. The van der Waals surface area contributed by atoms with Crippen molar-refractivity contribution in [3.8, 4) is 0 Å². The Bertz CT molecular complexity index is 304. The van der Waals surface area contributed by atoms with Crippen LogP contribution in [0.5, 0.6) is 0 Å². The number of morpholine rings is 1. The zero-order valence-electron chi connectivity index (χ0n) is 12.8. The summed E-state index contributed by atoms with van der Waals surface area (Å²) in [7, 11) is 0. The molecule has 116 valence electrons. The van der Waals surface area contributed by atoms with Crippen LogP contribution < -0.4 is 10.6 Å². The molecule has 0 aromatic heterocycles. The zero-order valence-corrected chi connectivity index (χ0v) is 13.6. The highest BCUT2D eigenvalue weighted by Crippen LogP contribution is 2.34. The van der Waals surface area contributed by atoms with Gasteiger partial charge < -0.3 is 15.4 Å². The first-order valence-corrected chi connectivity index (χ1v) is 8.89. The van der Waals surface area contributed by atoms with Crippen LogP contribution in [0.3, 0.4) is 0 Å². The lowest BCUT2D eigenvalue weighted by Gasteiger charge is -2.42. The van der Waals surface area contributed by atoms with Crippen molar-refractivity contribution in [2.75, 3.05) is 57.4 Å². The normalized spacial score (nSPS) is 27.3. The molecule has 2 fully saturated rings. The Morgan fingerprint density at radius 2 is 1.95 bits per heavy atom.